The van der Waals surface area contributed by atoms with E-state index in [1.54, 1.807) is 6.92 Å². The monoisotopic (exact) mass is 242 g/mol. The second-order valence-electron chi connectivity index (χ2n) is 6.19. The Hall–Kier alpha value is -0.610. The highest BCUT2D eigenvalue weighted by molar-refractivity contribution is 5.78. The minimum Gasteiger partial charge on any atom is -0.480 e. The number of aliphatic carboxylic acids is 1. The highest BCUT2D eigenvalue weighted by Crippen LogP contribution is 2.29. The molecular formula is C13H26N2O2. The van der Waals surface area contributed by atoms with Gasteiger partial charge in [-0.05, 0) is 38.3 Å². The number of carbonyl (C=O) groups is 1. The zero-order chi connectivity index (χ0) is 13.1. The molecule has 2 N–H and O–H groups in total. The molecular weight excluding hydrogens is 216 g/mol. The van der Waals surface area contributed by atoms with Gasteiger partial charge in [0.15, 0.2) is 0 Å². The molecule has 1 aliphatic rings. The molecule has 1 heterocycles. The normalized spacial score (nSPS) is 23.5. The smallest absolute Gasteiger partial charge is 0.324 e. The van der Waals surface area contributed by atoms with E-state index in [-0.39, 0.29) is 0 Å². The Labute approximate surface area is 104 Å². The van der Waals surface area contributed by atoms with Gasteiger partial charge in [-0.15, -0.1) is 0 Å². The summed E-state index contributed by atoms with van der Waals surface area (Å²) >= 11 is 0. The first-order valence-electron chi connectivity index (χ1n) is 6.50. The first-order chi connectivity index (χ1) is 7.79. The van der Waals surface area contributed by atoms with Crippen molar-refractivity contribution >= 4 is 5.97 Å². The molecule has 1 rings (SSSR count). The van der Waals surface area contributed by atoms with Gasteiger partial charge in [0.1, 0.15) is 5.54 Å². The Morgan fingerprint density at radius 2 is 2.18 bits per heavy atom. The van der Waals surface area contributed by atoms with E-state index in [1.165, 1.54) is 0 Å². The van der Waals surface area contributed by atoms with E-state index in [4.69, 9.17) is 0 Å². The maximum atomic E-state index is 11.4. The molecule has 0 spiro atoms. The molecule has 4 nitrogen and oxygen atoms in total. The summed E-state index contributed by atoms with van der Waals surface area (Å²) in [7, 11) is 0. The number of carboxylic acids is 1. The molecule has 100 valence electrons. The van der Waals surface area contributed by atoms with Gasteiger partial charge in [-0.1, -0.05) is 20.8 Å². The second-order valence-corrected chi connectivity index (χ2v) is 6.19. The molecule has 0 aromatic carbocycles. The molecule has 1 unspecified atom stereocenters. The van der Waals surface area contributed by atoms with Crippen LogP contribution in [0.3, 0.4) is 0 Å². The van der Waals surface area contributed by atoms with E-state index in [2.05, 4.69) is 24.1 Å². The summed E-state index contributed by atoms with van der Waals surface area (Å²) in [5.41, 5.74) is -0.499. The molecule has 0 aliphatic carbocycles. The summed E-state index contributed by atoms with van der Waals surface area (Å²) in [6.07, 6.45) is 2.10. The Kier molecular flexibility index (Phi) is 4.55. The van der Waals surface area contributed by atoms with Gasteiger partial charge in [0.25, 0.3) is 0 Å². The van der Waals surface area contributed by atoms with Gasteiger partial charge >= 0.3 is 5.97 Å². The predicted octanol–water partition coefficient (Wildman–Crippen LogP) is 1.56. The minimum atomic E-state index is -0.823. The average Bonchev–Trinajstić information content (AvgIpc) is 2.54. The molecule has 0 radical (unpaired) electrons. The van der Waals surface area contributed by atoms with Crippen molar-refractivity contribution in [1.29, 1.82) is 0 Å². The van der Waals surface area contributed by atoms with E-state index < -0.39 is 11.5 Å². The van der Waals surface area contributed by atoms with Gasteiger partial charge in [-0.2, -0.15) is 0 Å². The third kappa shape index (κ3) is 3.96. The SMILES string of the molecule is CCCNC(C)(CN1CCC(C)(C)C1)C(=O)O. The van der Waals surface area contributed by atoms with Crippen molar-refractivity contribution in [3.8, 4) is 0 Å². The van der Waals surface area contributed by atoms with Crippen molar-refractivity contribution in [2.75, 3.05) is 26.2 Å². The molecule has 1 saturated heterocycles. The van der Waals surface area contributed by atoms with Gasteiger partial charge in [0.05, 0.1) is 0 Å². The maximum absolute atomic E-state index is 11.4. The summed E-state index contributed by atoms with van der Waals surface area (Å²) in [4.78, 5) is 13.6. The lowest BCUT2D eigenvalue weighted by Gasteiger charge is -2.31. The third-order valence-electron chi connectivity index (χ3n) is 3.53. The highest BCUT2D eigenvalue weighted by atomic mass is 16.4. The number of nitrogens with zero attached hydrogens (tertiary/aromatic N) is 1. The Morgan fingerprint density at radius 1 is 1.53 bits per heavy atom. The van der Waals surface area contributed by atoms with Gasteiger partial charge in [-0.25, -0.2) is 0 Å². The van der Waals surface area contributed by atoms with E-state index in [0.29, 0.717) is 12.0 Å². The zero-order valence-corrected chi connectivity index (χ0v) is 11.5. The van der Waals surface area contributed by atoms with Crippen molar-refractivity contribution in [3.63, 3.8) is 0 Å². The van der Waals surface area contributed by atoms with Crippen LogP contribution in [-0.4, -0.2) is 47.7 Å². The van der Waals surface area contributed by atoms with Crippen LogP contribution >= 0.6 is 0 Å². The quantitative estimate of drug-likeness (QED) is 0.742. The van der Waals surface area contributed by atoms with Crippen LogP contribution in [0.4, 0.5) is 0 Å². The number of rotatable bonds is 6. The lowest BCUT2D eigenvalue weighted by molar-refractivity contribution is -0.145. The number of carboxylic acid groups (broad SMARTS) is 1. The highest BCUT2D eigenvalue weighted by Gasteiger charge is 2.38. The van der Waals surface area contributed by atoms with E-state index >= 15 is 0 Å². The van der Waals surface area contributed by atoms with Gasteiger partial charge in [-0.3, -0.25) is 4.79 Å². The van der Waals surface area contributed by atoms with Gasteiger partial charge in [0, 0.05) is 13.1 Å². The van der Waals surface area contributed by atoms with E-state index in [9.17, 15) is 9.90 Å². The summed E-state index contributed by atoms with van der Waals surface area (Å²) in [6, 6.07) is 0. The Morgan fingerprint density at radius 3 is 2.59 bits per heavy atom. The van der Waals surface area contributed by atoms with Crippen LogP contribution in [0, 0.1) is 5.41 Å². The van der Waals surface area contributed by atoms with Crippen LogP contribution < -0.4 is 5.32 Å². The number of hydrogen-bond donors (Lipinski definition) is 2. The zero-order valence-electron chi connectivity index (χ0n) is 11.5. The fraction of sp³-hybridized carbons (Fsp3) is 0.923. The molecule has 0 amide bonds. The predicted molar refractivity (Wildman–Crippen MR) is 69.2 cm³/mol. The summed E-state index contributed by atoms with van der Waals surface area (Å²) in [6.45, 7) is 11.7. The second kappa shape index (κ2) is 5.36. The molecule has 0 saturated carbocycles. The topological polar surface area (TPSA) is 52.6 Å². The van der Waals surface area contributed by atoms with Crippen molar-refractivity contribution < 1.29 is 9.90 Å². The molecule has 4 heteroatoms. The van der Waals surface area contributed by atoms with Gasteiger partial charge in [0.2, 0.25) is 0 Å². The Balaban J connectivity index is 2.58. The van der Waals surface area contributed by atoms with Crippen LogP contribution in [0.1, 0.15) is 40.5 Å². The van der Waals surface area contributed by atoms with Crippen molar-refractivity contribution in [2.24, 2.45) is 5.41 Å². The average molecular weight is 242 g/mol. The number of nitrogens with one attached hydrogen (secondary N) is 1. The first kappa shape index (κ1) is 14.5. The molecule has 0 aromatic rings. The van der Waals surface area contributed by atoms with Crippen LogP contribution in [0.15, 0.2) is 0 Å². The fourth-order valence-electron chi connectivity index (χ4n) is 2.41. The largest absolute Gasteiger partial charge is 0.480 e. The molecule has 17 heavy (non-hydrogen) atoms. The molecule has 1 fully saturated rings. The lowest BCUT2D eigenvalue weighted by atomic mass is 9.93. The summed E-state index contributed by atoms with van der Waals surface area (Å²) in [5, 5.41) is 12.5. The number of hydrogen-bond acceptors (Lipinski definition) is 3. The third-order valence-corrected chi connectivity index (χ3v) is 3.53. The first-order valence-corrected chi connectivity index (χ1v) is 6.50. The Bertz CT molecular complexity index is 279. The summed E-state index contributed by atoms with van der Waals surface area (Å²) in [5.74, 6) is -0.754. The van der Waals surface area contributed by atoms with Crippen molar-refractivity contribution in [1.82, 2.24) is 10.2 Å². The maximum Gasteiger partial charge on any atom is 0.324 e. The summed E-state index contributed by atoms with van der Waals surface area (Å²) < 4.78 is 0. The molecule has 1 atom stereocenters. The fourth-order valence-corrected chi connectivity index (χ4v) is 2.41. The van der Waals surface area contributed by atoms with Crippen LogP contribution in [-0.2, 0) is 4.79 Å². The molecule has 0 bridgehead atoms. The van der Waals surface area contributed by atoms with Crippen LogP contribution in [0.25, 0.3) is 0 Å². The lowest BCUT2D eigenvalue weighted by Crippen LogP contribution is -2.56. The van der Waals surface area contributed by atoms with E-state index in [0.717, 1.165) is 32.5 Å². The van der Waals surface area contributed by atoms with E-state index in [1.807, 2.05) is 6.92 Å². The van der Waals surface area contributed by atoms with Crippen molar-refractivity contribution in [2.45, 2.75) is 46.1 Å². The van der Waals surface area contributed by atoms with Crippen LogP contribution in [0.2, 0.25) is 0 Å². The standard InChI is InChI=1S/C13H26N2O2/c1-5-7-14-13(4,11(16)17)10-15-8-6-12(2,3)9-15/h14H,5-10H2,1-4H3,(H,16,17). The minimum absolute atomic E-state index is 0.324. The van der Waals surface area contributed by atoms with Crippen LogP contribution in [0.5, 0.6) is 0 Å². The van der Waals surface area contributed by atoms with Crippen molar-refractivity contribution in [3.05, 3.63) is 0 Å². The molecule has 1 aliphatic heterocycles. The molecule has 0 aromatic heterocycles. The number of likely N-dealkylation sites (tertiary alicyclic amines) is 1. The van der Waals surface area contributed by atoms with Gasteiger partial charge < -0.3 is 15.3 Å².